The fraction of sp³-hybridized carbons (Fsp3) is 0.375. The van der Waals surface area contributed by atoms with Crippen molar-refractivity contribution in [2.45, 2.75) is 37.8 Å². The van der Waals surface area contributed by atoms with Crippen LogP contribution in [0.4, 0.5) is 0 Å². The van der Waals surface area contributed by atoms with Crippen molar-refractivity contribution in [3.05, 3.63) is 40.4 Å². The summed E-state index contributed by atoms with van der Waals surface area (Å²) in [6.45, 7) is 0. The van der Waals surface area contributed by atoms with Gasteiger partial charge in [-0.1, -0.05) is 29.8 Å². The minimum Gasteiger partial charge on any atom is -0.348 e. The zero-order valence-electron chi connectivity index (χ0n) is 12.5. The number of halogens is 2. The van der Waals surface area contributed by atoms with Gasteiger partial charge in [0.2, 0.25) is 0 Å². The van der Waals surface area contributed by atoms with Gasteiger partial charge in [-0.25, -0.2) is 4.98 Å². The van der Waals surface area contributed by atoms with Crippen molar-refractivity contribution in [1.82, 2.24) is 10.3 Å². The summed E-state index contributed by atoms with van der Waals surface area (Å²) >= 11 is 7.60. The predicted octanol–water partition coefficient (Wildman–Crippen LogP) is 3.89. The lowest BCUT2D eigenvalue weighted by atomic mass is 9.92. The Labute approximate surface area is 150 Å². The Kier molecular flexibility index (Phi) is 6.41. The van der Waals surface area contributed by atoms with Crippen LogP contribution < -0.4 is 11.1 Å². The molecule has 23 heavy (non-hydrogen) atoms. The first-order valence-electron chi connectivity index (χ1n) is 7.40. The van der Waals surface area contributed by atoms with Crippen LogP contribution in [0.2, 0.25) is 5.02 Å². The molecule has 3 N–H and O–H groups in total. The van der Waals surface area contributed by atoms with Crippen molar-refractivity contribution in [2.24, 2.45) is 5.73 Å². The minimum atomic E-state index is -0.116. The van der Waals surface area contributed by atoms with E-state index in [1.54, 1.807) is 5.38 Å². The SMILES string of the molecule is Cl.NC1CCC(NC(=O)c2csc(-c3ccccc3Cl)n2)CC1. The van der Waals surface area contributed by atoms with Crippen molar-refractivity contribution in [2.75, 3.05) is 0 Å². The molecule has 0 atom stereocenters. The number of amides is 1. The van der Waals surface area contributed by atoms with Crippen molar-refractivity contribution in [3.63, 3.8) is 0 Å². The highest BCUT2D eigenvalue weighted by Crippen LogP contribution is 2.30. The van der Waals surface area contributed by atoms with Gasteiger partial charge in [0, 0.05) is 23.0 Å². The molecule has 0 bridgehead atoms. The Balaban J connectivity index is 0.00000192. The van der Waals surface area contributed by atoms with Crippen LogP contribution in [-0.4, -0.2) is 23.0 Å². The van der Waals surface area contributed by atoms with E-state index in [1.807, 2.05) is 24.3 Å². The number of nitrogens with zero attached hydrogens (tertiary/aromatic N) is 1. The smallest absolute Gasteiger partial charge is 0.270 e. The number of hydrogen-bond donors (Lipinski definition) is 2. The van der Waals surface area contributed by atoms with Crippen molar-refractivity contribution >= 4 is 41.3 Å². The van der Waals surface area contributed by atoms with Crippen LogP contribution in [-0.2, 0) is 0 Å². The van der Waals surface area contributed by atoms with Gasteiger partial charge in [-0.2, -0.15) is 0 Å². The number of rotatable bonds is 3. The Hall–Kier alpha value is -1.14. The van der Waals surface area contributed by atoms with E-state index in [0.717, 1.165) is 36.3 Å². The maximum Gasteiger partial charge on any atom is 0.270 e. The van der Waals surface area contributed by atoms with Gasteiger partial charge in [-0.05, 0) is 31.7 Å². The second kappa shape index (κ2) is 8.11. The van der Waals surface area contributed by atoms with Gasteiger partial charge in [0.05, 0.1) is 5.02 Å². The summed E-state index contributed by atoms with van der Waals surface area (Å²) in [7, 11) is 0. The van der Waals surface area contributed by atoms with E-state index in [1.165, 1.54) is 11.3 Å². The molecule has 0 spiro atoms. The van der Waals surface area contributed by atoms with Crippen LogP contribution >= 0.6 is 35.3 Å². The second-order valence-electron chi connectivity index (χ2n) is 5.60. The predicted molar refractivity (Wildman–Crippen MR) is 97.5 cm³/mol. The topological polar surface area (TPSA) is 68.0 Å². The molecule has 1 aromatic carbocycles. The summed E-state index contributed by atoms with van der Waals surface area (Å²) in [5.41, 5.74) is 7.20. The van der Waals surface area contributed by atoms with E-state index in [-0.39, 0.29) is 30.4 Å². The quantitative estimate of drug-likeness (QED) is 0.859. The largest absolute Gasteiger partial charge is 0.348 e. The molecule has 2 aromatic rings. The number of nitrogens with two attached hydrogens (primary N) is 1. The first-order chi connectivity index (χ1) is 10.6. The fourth-order valence-electron chi connectivity index (χ4n) is 2.66. The maximum absolute atomic E-state index is 12.3. The number of carbonyl (C=O) groups excluding carboxylic acids is 1. The zero-order valence-corrected chi connectivity index (χ0v) is 14.9. The third-order valence-corrected chi connectivity index (χ3v) is 5.15. The lowest BCUT2D eigenvalue weighted by molar-refractivity contribution is 0.0921. The van der Waals surface area contributed by atoms with E-state index >= 15 is 0 Å². The van der Waals surface area contributed by atoms with Crippen LogP contribution in [0.15, 0.2) is 29.6 Å². The van der Waals surface area contributed by atoms with Crippen molar-refractivity contribution in [1.29, 1.82) is 0 Å². The molecule has 1 aliphatic rings. The summed E-state index contributed by atoms with van der Waals surface area (Å²) in [6, 6.07) is 8.00. The second-order valence-corrected chi connectivity index (χ2v) is 6.87. The van der Waals surface area contributed by atoms with E-state index < -0.39 is 0 Å². The molecule has 7 heteroatoms. The lowest BCUT2D eigenvalue weighted by Crippen LogP contribution is -2.40. The van der Waals surface area contributed by atoms with Gasteiger partial charge in [-0.3, -0.25) is 4.79 Å². The minimum absolute atomic E-state index is 0. The van der Waals surface area contributed by atoms with Gasteiger partial charge in [0.25, 0.3) is 5.91 Å². The third-order valence-electron chi connectivity index (χ3n) is 3.95. The highest BCUT2D eigenvalue weighted by Gasteiger charge is 2.21. The highest BCUT2D eigenvalue weighted by atomic mass is 35.5. The third kappa shape index (κ3) is 4.44. The molecule has 1 aromatic heterocycles. The summed E-state index contributed by atoms with van der Waals surface area (Å²) in [4.78, 5) is 16.7. The number of nitrogens with one attached hydrogen (secondary N) is 1. The number of thiazole rings is 1. The van der Waals surface area contributed by atoms with Gasteiger partial charge < -0.3 is 11.1 Å². The Morgan fingerprint density at radius 3 is 2.65 bits per heavy atom. The first-order valence-corrected chi connectivity index (χ1v) is 8.66. The molecule has 1 aliphatic carbocycles. The molecule has 3 rings (SSSR count). The van der Waals surface area contributed by atoms with E-state index in [0.29, 0.717) is 10.7 Å². The Morgan fingerprint density at radius 2 is 1.96 bits per heavy atom. The average Bonchev–Trinajstić information content (AvgIpc) is 3.00. The van der Waals surface area contributed by atoms with Crippen LogP contribution in [0.5, 0.6) is 0 Å². The van der Waals surface area contributed by atoms with Crippen LogP contribution in [0.1, 0.15) is 36.2 Å². The number of benzene rings is 1. The zero-order chi connectivity index (χ0) is 15.5. The van der Waals surface area contributed by atoms with Gasteiger partial charge in [0.15, 0.2) is 0 Å². The lowest BCUT2D eigenvalue weighted by Gasteiger charge is -2.26. The molecule has 124 valence electrons. The molecule has 1 saturated carbocycles. The summed E-state index contributed by atoms with van der Waals surface area (Å²) in [5.74, 6) is -0.116. The van der Waals surface area contributed by atoms with E-state index in [4.69, 9.17) is 17.3 Å². The molecule has 0 saturated heterocycles. The maximum atomic E-state index is 12.3. The van der Waals surface area contributed by atoms with Crippen LogP contribution in [0, 0.1) is 0 Å². The standard InChI is InChI=1S/C16H18ClN3OS.ClH/c17-13-4-2-1-3-12(13)16-20-14(9-22-16)15(21)19-11-7-5-10(18)6-8-11;/h1-4,9-11H,5-8,18H2,(H,19,21);1H. The van der Waals surface area contributed by atoms with Gasteiger partial charge >= 0.3 is 0 Å². The molecule has 0 aliphatic heterocycles. The molecule has 4 nitrogen and oxygen atoms in total. The number of carbonyl (C=O) groups is 1. The van der Waals surface area contributed by atoms with Gasteiger partial charge in [0.1, 0.15) is 10.7 Å². The van der Waals surface area contributed by atoms with Crippen LogP contribution in [0.3, 0.4) is 0 Å². The molecule has 0 radical (unpaired) electrons. The van der Waals surface area contributed by atoms with Gasteiger partial charge in [-0.15, -0.1) is 23.7 Å². The van der Waals surface area contributed by atoms with Crippen molar-refractivity contribution < 1.29 is 4.79 Å². The normalized spacial score (nSPS) is 20.6. The monoisotopic (exact) mass is 371 g/mol. The van der Waals surface area contributed by atoms with Crippen LogP contribution in [0.25, 0.3) is 10.6 Å². The van der Waals surface area contributed by atoms with E-state index in [9.17, 15) is 4.79 Å². The number of hydrogen-bond acceptors (Lipinski definition) is 4. The summed E-state index contributed by atoms with van der Waals surface area (Å²) in [6.07, 6.45) is 3.81. The highest BCUT2D eigenvalue weighted by molar-refractivity contribution is 7.13. The fourth-order valence-corrected chi connectivity index (χ4v) is 3.78. The first kappa shape index (κ1) is 18.2. The molecular formula is C16H19Cl2N3OS. The summed E-state index contributed by atoms with van der Waals surface area (Å²) in [5, 5.41) is 6.24. The Morgan fingerprint density at radius 1 is 1.26 bits per heavy atom. The average molecular weight is 372 g/mol. The summed E-state index contributed by atoms with van der Waals surface area (Å²) < 4.78 is 0. The molecular weight excluding hydrogens is 353 g/mol. The molecule has 0 unspecified atom stereocenters. The van der Waals surface area contributed by atoms with Crippen molar-refractivity contribution in [3.8, 4) is 10.6 Å². The molecule has 1 fully saturated rings. The van der Waals surface area contributed by atoms with E-state index in [2.05, 4.69) is 10.3 Å². The molecule has 1 heterocycles. The Bertz CT molecular complexity index is 669. The number of aromatic nitrogens is 1. The molecule has 1 amide bonds.